The van der Waals surface area contributed by atoms with Crippen LogP contribution in [0.15, 0.2) is 24.3 Å². The Morgan fingerprint density at radius 2 is 2.11 bits per heavy atom. The molecular weight excluding hydrogens is 222 g/mol. The van der Waals surface area contributed by atoms with Gasteiger partial charge in [0.1, 0.15) is 11.9 Å². The van der Waals surface area contributed by atoms with Gasteiger partial charge in [-0.25, -0.2) is 0 Å². The van der Waals surface area contributed by atoms with Crippen molar-refractivity contribution in [3.05, 3.63) is 29.8 Å². The van der Waals surface area contributed by atoms with Gasteiger partial charge in [-0.15, -0.1) is 0 Å². The lowest BCUT2D eigenvalue weighted by Gasteiger charge is -2.21. The number of aryl methyl sites for hydroxylation is 1. The highest BCUT2D eigenvalue weighted by Crippen LogP contribution is 2.19. The molecule has 0 aliphatic heterocycles. The summed E-state index contributed by atoms with van der Waals surface area (Å²) in [4.78, 5) is 0. The van der Waals surface area contributed by atoms with Gasteiger partial charge in [-0.2, -0.15) is 0 Å². The van der Waals surface area contributed by atoms with E-state index in [1.54, 1.807) is 0 Å². The molecule has 0 aromatic heterocycles. The van der Waals surface area contributed by atoms with Crippen LogP contribution >= 0.6 is 0 Å². The fourth-order valence-corrected chi connectivity index (χ4v) is 2.58. The highest BCUT2D eigenvalue weighted by molar-refractivity contribution is 5.27. The Balaban J connectivity index is 1.81. The number of nitrogens with one attached hydrogen (secondary N) is 1. The largest absolute Gasteiger partial charge is 0.489 e. The minimum Gasteiger partial charge on any atom is -0.489 e. The van der Waals surface area contributed by atoms with Gasteiger partial charge in [0, 0.05) is 12.6 Å². The number of benzene rings is 1. The molecule has 18 heavy (non-hydrogen) atoms. The van der Waals surface area contributed by atoms with Gasteiger partial charge in [-0.3, -0.25) is 0 Å². The van der Waals surface area contributed by atoms with Crippen molar-refractivity contribution in [1.82, 2.24) is 5.32 Å². The Morgan fingerprint density at radius 3 is 2.78 bits per heavy atom. The van der Waals surface area contributed by atoms with Crippen LogP contribution in [0.3, 0.4) is 0 Å². The standard InChI is InChI=1S/C16H25NO/c1-3-15(12-17-14-8-4-5-9-14)18-16-10-6-7-13(2)11-16/h6-7,10-11,14-15,17H,3-5,8-9,12H2,1-2H3/t15-/m1/s1. The Kier molecular flexibility index (Phi) is 5.06. The molecule has 0 bridgehead atoms. The van der Waals surface area contributed by atoms with E-state index in [4.69, 9.17) is 4.74 Å². The molecule has 1 aromatic rings. The first kappa shape index (κ1) is 13.4. The first-order chi connectivity index (χ1) is 8.78. The molecule has 1 aromatic carbocycles. The predicted octanol–water partition coefficient (Wildman–Crippen LogP) is 3.68. The van der Waals surface area contributed by atoms with Gasteiger partial charge < -0.3 is 10.1 Å². The molecule has 2 rings (SSSR count). The second-order valence-corrected chi connectivity index (χ2v) is 5.35. The summed E-state index contributed by atoms with van der Waals surface area (Å²) < 4.78 is 6.04. The summed E-state index contributed by atoms with van der Waals surface area (Å²) in [5.41, 5.74) is 1.26. The molecular formula is C16H25NO. The van der Waals surface area contributed by atoms with E-state index in [1.165, 1.54) is 31.2 Å². The summed E-state index contributed by atoms with van der Waals surface area (Å²) in [6.07, 6.45) is 6.77. The van der Waals surface area contributed by atoms with E-state index in [0.717, 1.165) is 24.8 Å². The van der Waals surface area contributed by atoms with Crippen molar-refractivity contribution >= 4 is 0 Å². The van der Waals surface area contributed by atoms with Crippen molar-refractivity contribution in [3.63, 3.8) is 0 Å². The third kappa shape index (κ3) is 4.02. The molecule has 1 saturated carbocycles. The Hall–Kier alpha value is -1.02. The second-order valence-electron chi connectivity index (χ2n) is 5.35. The zero-order valence-corrected chi connectivity index (χ0v) is 11.6. The Morgan fingerprint density at radius 1 is 1.33 bits per heavy atom. The molecule has 1 aliphatic rings. The lowest BCUT2D eigenvalue weighted by Crippen LogP contribution is -2.36. The van der Waals surface area contributed by atoms with Crippen molar-refractivity contribution < 1.29 is 4.74 Å². The van der Waals surface area contributed by atoms with Crippen LogP contribution in [0.25, 0.3) is 0 Å². The molecule has 0 spiro atoms. The summed E-state index contributed by atoms with van der Waals surface area (Å²) >= 11 is 0. The van der Waals surface area contributed by atoms with Crippen LogP contribution in [0.1, 0.15) is 44.6 Å². The molecule has 2 heteroatoms. The van der Waals surface area contributed by atoms with Gasteiger partial charge in [-0.1, -0.05) is 31.9 Å². The number of hydrogen-bond donors (Lipinski definition) is 1. The molecule has 1 N–H and O–H groups in total. The average molecular weight is 247 g/mol. The van der Waals surface area contributed by atoms with E-state index in [0.29, 0.717) is 0 Å². The van der Waals surface area contributed by atoms with Gasteiger partial charge in [-0.05, 0) is 43.9 Å². The minimum atomic E-state index is 0.285. The minimum absolute atomic E-state index is 0.285. The zero-order valence-electron chi connectivity index (χ0n) is 11.6. The Labute approximate surface area is 111 Å². The van der Waals surface area contributed by atoms with Gasteiger partial charge in [0.05, 0.1) is 0 Å². The van der Waals surface area contributed by atoms with Crippen LogP contribution in [0.4, 0.5) is 0 Å². The molecule has 100 valence electrons. The summed E-state index contributed by atoms with van der Waals surface area (Å²) in [7, 11) is 0. The van der Waals surface area contributed by atoms with Gasteiger partial charge >= 0.3 is 0 Å². The maximum atomic E-state index is 6.04. The highest BCUT2D eigenvalue weighted by atomic mass is 16.5. The molecule has 0 amide bonds. The maximum absolute atomic E-state index is 6.04. The molecule has 0 heterocycles. The van der Waals surface area contributed by atoms with Gasteiger partial charge in [0.2, 0.25) is 0 Å². The van der Waals surface area contributed by atoms with Crippen LogP contribution in [0.2, 0.25) is 0 Å². The average Bonchev–Trinajstić information content (AvgIpc) is 2.87. The van der Waals surface area contributed by atoms with E-state index in [-0.39, 0.29) is 6.10 Å². The van der Waals surface area contributed by atoms with Crippen LogP contribution in [0, 0.1) is 6.92 Å². The second kappa shape index (κ2) is 6.79. The third-order valence-corrected chi connectivity index (χ3v) is 3.74. The maximum Gasteiger partial charge on any atom is 0.120 e. The lowest BCUT2D eigenvalue weighted by molar-refractivity contribution is 0.188. The molecule has 1 fully saturated rings. The number of hydrogen-bond acceptors (Lipinski definition) is 2. The van der Waals surface area contributed by atoms with E-state index in [9.17, 15) is 0 Å². The summed E-state index contributed by atoms with van der Waals surface area (Å²) in [5, 5.41) is 3.64. The van der Waals surface area contributed by atoms with Gasteiger partial charge in [0.15, 0.2) is 0 Å². The Bertz CT molecular complexity index is 358. The summed E-state index contributed by atoms with van der Waals surface area (Å²) in [6, 6.07) is 9.04. The number of rotatable bonds is 6. The van der Waals surface area contributed by atoms with Crippen LogP contribution in [-0.4, -0.2) is 18.7 Å². The fourth-order valence-electron chi connectivity index (χ4n) is 2.58. The summed E-state index contributed by atoms with van der Waals surface area (Å²) in [5.74, 6) is 0.995. The first-order valence-electron chi connectivity index (χ1n) is 7.24. The van der Waals surface area contributed by atoms with Gasteiger partial charge in [0.25, 0.3) is 0 Å². The molecule has 0 saturated heterocycles. The lowest BCUT2D eigenvalue weighted by atomic mass is 10.2. The molecule has 1 aliphatic carbocycles. The van der Waals surface area contributed by atoms with E-state index >= 15 is 0 Å². The molecule has 0 radical (unpaired) electrons. The SMILES string of the molecule is CC[C@H](CNC1CCCC1)Oc1cccc(C)c1. The van der Waals surface area contributed by atoms with Crippen LogP contribution in [-0.2, 0) is 0 Å². The molecule has 0 unspecified atom stereocenters. The van der Waals surface area contributed by atoms with Crippen molar-refractivity contribution in [3.8, 4) is 5.75 Å². The normalized spacial score (nSPS) is 17.9. The van der Waals surface area contributed by atoms with Crippen molar-refractivity contribution in [1.29, 1.82) is 0 Å². The fraction of sp³-hybridized carbons (Fsp3) is 0.625. The van der Waals surface area contributed by atoms with Crippen molar-refractivity contribution in [2.45, 2.75) is 58.1 Å². The number of ether oxygens (including phenoxy) is 1. The van der Waals surface area contributed by atoms with Crippen LogP contribution in [0.5, 0.6) is 5.75 Å². The van der Waals surface area contributed by atoms with E-state index in [1.807, 2.05) is 6.07 Å². The molecule has 1 atom stereocenters. The smallest absolute Gasteiger partial charge is 0.120 e. The van der Waals surface area contributed by atoms with E-state index in [2.05, 4.69) is 37.4 Å². The zero-order chi connectivity index (χ0) is 12.8. The van der Waals surface area contributed by atoms with Crippen molar-refractivity contribution in [2.24, 2.45) is 0 Å². The summed E-state index contributed by atoms with van der Waals surface area (Å²) in [6.45, 7) is 5.26. The monoisotopic (exact) mass is 247 g/mol. The predicted molar refractivity (Wildman–Crippen MR) is 76.1 cm³/mol. The van der Waals surface area contributed by atoms with Crippen LogP contribution < -0.4 is 10.1 Å². The first-order valence-corrected chi connectivity index (χ1v) is 7.24. The quantitative estimate of drug-likeness (QED) is 0.828. The molecule has 2 nitrogen and oxygen atoms in total. The van der Waals surface area contributed by atoms with E-state index < -0.39 is 0 Å². The van der Waals surface area contributed by atoms with Crippen molar-refractivity contribution in [2.75, 3.05) is 6.54 Å². The third-order valence-electron chi connectivity index (χ3n) is 3.74. The topological polar surface area (TPSA) is 21.3 Å². The highest BCUT2D eigenvalue weighted by Gasteiger charge is 2.16.